The van der Waals surface area contributed by atoms with Crippen molar-refractivity contribution in [2.75, 3.05) is 5.73 Å². The third kappa shape index (κ3) is 2.27. The van der Waals surface area contributed by atoms with Gasteiger partial charge in [0.05, 0.1) is 0 Å². The first kappa shape index (κ1) is 11.7. The highest BCUT2D eigenvalue weighted by Gasteiger charge is 2.04. The van der Waals surface area contributed by atoms with Gasteiger partial charge < -0.3 is 15.5 Å². The highest BCUT2D eigenvalue weighted by atomic mass is 16.5. The zero-order valence-electron chi connectivity index (χ0n) is 11.0. The zero-order valence-corrected chi connectivity index (χ0v) is 11.0. The summed E-state index contributed by atoms with van der Waals surface area (Å²) >= 11 is 0. The molecule has 0 saturated heterocycles. The summed E-state index contributed by atoms with van der Waals surface area (Å²) in [6, 6.07) is 13.8. The lowest BCUT2D eigenvalue weighted by molar-refractivity contribution is 0.480. The first-order valence-corrected chi connectivity index (χ1v) is 6.25. The van der Waals surface area contributed by atoms with Crippen molar-refractivity contribution in [2.45, 2.75) is 13.8 Å². The van der Waals surface area contributed by atoms with Gasteiger partial charge >= 0.3 is 0 Å². The molecule has 1 aromatic heterocycles. The molecule has 2 aromatic carbocycles. The van der Waals surface area contributed by atoms with Gasteiger partial charge in [0.1, 0.15) is 11.5 Å². The average Bonchev–Trinajstić information content (AvgIpc) is 2.72. The maximum atomic E-state index is 5.91. The van der Waals surface area contributed by atoms with Crippen LogP contribution in [-0.2, 0) is 0 Å². The highest BCUT2D eigenvalue weighted by molar-refractivity contribution is 5.81. The number of hydrogen-bond acceptors (Lipinski definition) is 2. The fraction of sp³-hybridized carbons (Fsp3) is 0.125. The Labute approximate surface area is 112 Å². The number of aromatic amines is 1. The van der Waals surface area contributed by atoms with Crippen LogP contribution in [0.15, 0.2) is 42.5 Å². The van der Waals surface area contributed by atoms with E-state index in [2.05, 4.69) is 11.1 Å². The number of H-pyrrole nitrogens is 1. The molecule has 0 radical (unpaired) electrons. The van der Waals surface area contributed by atoms with Gasteiger partial charge in [-0.25, -0.2) is 0 Å². The molecule has 19 heavy (non-hydrogen) atoms. The number of ether oxygens (including phenoxy) is 1. The van der Waals surface area contributed by atoms with Crippen molar-refractivity contribution < 1.29 is 4.74 Å². The second-order valence-corrected chi connectivity index (χ2v) is 4.83. The molecule has 0 amide bonds. The Morgan fingerprint density at radius 3 is 2.63 bits per heavy atom. The topological polar surface area (TPSA) is 51.0 Å². The van der Waals surface area contributed by atoms with Gasteiger partial charge in [-0.2, -0.15) is 0 Å². The van der Waals surface area contributed by atoms with Crippen LogP contribution in [0.5, 0.6) is 11.5 Å². The summed E-state index contributed by atoms with van der Waals surface area (Å²) in [5.74, 6) is 1.67. The second-order valence-electron chi connectivity index (χ2n) is 4.83. The summed E-state index contributed by atoms with van der Waals surface area (Å²) in [4.78, 5) is 3.30. The molecule has 3 rings (SSSR count). The number of hydrogen-bond donors (Lipinski definition) is 2. The van der Waals surface area contributed by atoms with Gasteiger partial charge in [0.15, 0.2) is 0 Å². The predicted molar refractivity (Wildman–Crippen MR) is 78.7 cm³/mol. The summed E-state index contributed by atoms with van der Waals surface area (Å²) in [5, 5.41) is 1.16. The zero-order chi connectivity index (χ0) is 13.4. The van der Waals surface area contributed by atoms with E-state index in [1.165, 1.54) is 0 Å². The fourth-order valence-corrected chi connectivity index (χ4v) is 2.23. The van der Waals surface area contributed by atoms with Crippen molar-refractivity contribution in [2.24, 2.45) is 0 Å². The van der Waals surface area contributed by atoms with E-state index in [1.54, 1.807) is 0 Å². The predicted octanol–water partition coefficient (Wildman–Crippen LogP) is 4.16. The Bertz CT molecular complexity index is 744. The van der Waals surface area contributed by atoms with Crippen LogP contribution in [0.1, 0.15) is 11.3 Å². The van der Waals surface area contributed by atoms with Crippen LogP contribution in [0.25, 0.3) is 10.9 Å². The molecule has 0 saturated carbocycles. The van der Waals surface area contributed by atoms with Crippen LogP contribution in [0, 0.1) is 13.8 Å². The Balaban J connectivity index is 1.96. The summed E-state index contributed by atoms with van der Waals surface area (Å²) in [5.41, 5.74) is 9.80. The number of benzene rings is 2. The number of aryl methyl sites for hydroxylation is 2. The normalized spacial score (nSPS) is 10.8. The third-order valence-electron chi connectivity index (χ3n) is 3.15. The molecule has 0 aliphatic heterocycles. The molecule has 0 atom stereocenters. The monoisotopic (exact) mass is 252 g/mol. The Hall–Kier alpha value is -2.42. The minimum Gasteiger partial charge on any atom is -0.457 e. The van der Waals surface area contributed by atoms with Gasteiger partial charge in [-0.3, -0.25) is 0 Å². The van der Waals surface area contributed by atoms with E-state index in [1.807, 2.05) is 50.2 Å². The minimum atomic E-state index is 0.751. The number of nitrogens with two attached hydrogens (primary N) is 1. The van der Waals surface area contributed by atoms with Gasteiger partial charge in [-0.15, -0.1) is 0 Å². The molecule has 96 valence electrons. The minimum absolute atomic E-state index is 0.751. The maximum absolute atomic E-state index is 5.91. The first-order chi connectivity index (χ1) is 9.11. The molecule has 3 aromatic rings. The molecular formula is C16H16N2O. The maximum Gasteiger partial charge on any atom is 0.130 e. The van der Waals surface area contributed by atoms with Crippen molar-refractivity contribution in [3.63, 3.8) is 0 Å². The lowest BCUT2D eigenvalue weighted by Gasteiger charge is -2.09. The Morgan fingerprint density at radius 1 is 1.00 bits per heavy atom. The van der Waals surface area contributed by atoms with Gasteiger partial charge in [0.25, 0.3) is 0 Å². The van der Waals surface area contributed by atoms with E-state index < -0.39 is 0 Å². The number of nitrogen functional groups attached to an aromatic ring is 1. The third-order valence-corrected chi connectivity index (χ3v) is 3.15. The van der Waals surface area contributed by atoms with E-state index in [9.17, 15) is 0 Å². The molecule has 0 aliphatic carbocycles. The number of aromatic nitrogens is 1. The van der Waals surface area contributed by atoms with E-state index in [0.29, 0.717) is 0 Å². The van der Waals surface area contributed by atoms with Crippen LogP contribution < -0.4 is 10.5 Å². The Morgan fingerprint density at radius 2 is 1.84 bits per heavy atom. The van der Waals surface area contributed by atoms with E-state index in [4.69, 9.17) is 10.5 Å². The number of rotatable bonds is 2. The molecule has 0 aliphatic rings. The van der Waals surface area contributed by atoms with E-state index in [0.717, 1.165) is 39.3 Å². The van der Waals surface area contributed by atoms with E-state index in [-0.39, 0.29) is 0 Å². The molecule has 0 spiro atoms. The van der Waals surface area contributed by atoms with Crippen LogP contribution in [0.4, 0.5) is 5.69 Å². The van der Waals surface area contributed by atoms with Crippen LogP contribution in [0.2, 0.25) is 0 Å². The van der Waals surface area contributed by atoms with Gasteiger partial charge in [0.2, 0.25) is 0 Å². The number of fused-ring (bicyclic) bond motifs is 1. The van der Waals surface area contributed by atoms with E-state index >= 15 is 0 Å². The van der Waals surface area contributed by atoms with Gasteiger partial charge in [0, 0.05) is 22.3 Å². The van der Waals surface area contributed by atoms with Crippen LogP contribution >= 0.6 is 0 Å². The summed E-state index contributed by atoms with van der Waals surface area (Å²) in [7, 11) is 0. The molecule has 0 fully saturated rings. The molecule has 3 nitrogen and oxygen atoms in total. The number of nitrogens with one attached hydrogen (secondary N) is 1. The van der Waals surface area contributed by atoms with Crippen molar-refractivity contribution in [1.82, 2.24) is 4.98 Å². The van der Waals surface area contributed by atoms with Crippen molar-refractivity contribution in [1.29, 1.82) is 0 Å². The molecular weight excluding hydrogens is 236 g/mol. The fourth-order valence-electron chi connectivity index (χ4n) is 2.23. The van der Waals surface area contributed by atoms with Gasteiger partial charge in [-0.1, -0.05) is 0 Å². The summed E-state index contributed by atoms with van der Waals surface area (Å²) < 4.78 is 5.91. The highest BCUT2D eigenvalue weighted by Crippen LogP contribution is 2.29. The number of anilines is 1. The Kier molecular flexibility index (Phi) is 2.67. The van der Waals surface area contributed by atoms with Crippen LogP contribution in [-0.4, -0.2) is 4.98 Å². The summed E-state index contributed by atoms with van der Waals surface area (Å²) in [6.07, 6.45) is 0. The smallest absolute Gasteiger partial charge is 0.130 e. The summed E-state index contributed by atoms with van der Waals surface area (Å²) in [6.45, 7) is 4.04. The molecule has 0 bridgehead atoms. The van der Waals surface area contributed by atoms with Crippen molar-refractivity contribution in [3.8, 4) is 11.5 Å². The standard InChI is InChI=1S/C16H16N2O/c1-10-7-13(17)3-6-16(10)19-14-4-5-15-12(9-14)8-11(2)18-15/h3-9,18H,17H2,1-2H3. The van der Waals surface area contributed by atoms with Crippen molar-refractivity contribution in [3.05, 3.63) is 53.7 Å². The molecule has 3 heteroatoms. The van der Waals surface area contributed by atoms with Crippen molar-refractivity contribution >= 4 is 16.6 Å². The lowest BCUT2D eigenvalue weighted by Crippen LogP contribution is -1.90. The van der Waals surface area contributed by atoms with Gasteiger partial charge in [-0.05, 0) is 61.9 Å². The largest absolute Gasteiger partial charge is 0.457 e. The quantitative estimate of drug-likeness (QED) is 0.673. The second kappa shape index (κ2) is 4.35. The average molecular weight is 252 g/mol. The first-order valence-electron chi connectivity index (χ1n) is 6.25. The molecule has 0 unspecified atom stereocenters. The lowest BCUT2D eigenvalue weighted by atomic mass is 10.2. The SMILES string of the molecule is Cc1cc2cc(Oc3ccc(N)cc3C)ccc2[nH]1. The molecule has 1 heterocycles. The van der Waals surface area contributed by atoms with Crippen LogP contribution in [0.3, 0.4) is 0 Å². The molecule has 3 N–H and O–H groups in total.